The smallest absolute Gasteiger partial charge is 0.306 e. The molecule has 0 bridgehead atoms. The molecular weight excluding hydrogens is 436 g/mol. The van der Waals surface area contributed by atoms with Crippen LogP contribution >= 0.6 is 0 Å². The highest BCUT2D eigenvalue weighted by Gasteiger charge is 2.24. The molecule has 1 unspecified atom stereocenters. The van der Waals surface area contributed by atoms with E-state index in [1.54, 1.807) is 13.8 Å². The molecule has 4 nitrogen and oxygen atoms in total. The van der Waals surface area contributed by atoms with E-state index in [9.17, 15) is 14.4 Å². The summed E-state index contributed by atoms with van der Waals surface area (Å²) in [5, 5.41) is 8.73. The zero-order valence-corrected chi connectivity index (χ0v) is 21.7. The first kappa shape index (κ1) is 28.5. The summed E-state index contributed by atoms with van der Waals surface area (Å²) in [7, 11) is 0. The van der Waals surface area contributed by atoms with Gasteiger partial charge in [0.25, 0.3) is 0 Å². The molecule has 0 aliphatic heterocycles. The van der Waals surface area contributed by atoms with E-state index in [0.717, 1.165) is 24.0 Å². The lowest BCUT2D eigenvalue weighted by molar-refractivity contribution is -0.143. The third kappa shape index (κ3) is 10.2. The van der Waals surface area contributed by atoms with Crippen molar-refractivity contribution < 1.29 is 19.5 Å². The third-order valence-electron chi connectivity index (χ3n) is 7.30. The highest BCUT2D eigenvalue weighted by Crippen LogP contribution is 2.33. The minimum absolute atomic E-state index is 0.121. The summed E-state index contributed by atoms with van der Waals surface area (Å²) in [6, 6.07) is 17.4. The van der Waals surface area contributed by atoms with Crippen LogP contribution in [0.4, 0.5) is 0 Å². The second-order valence-electron chi connectivity index (χ2n) is 9.96. The topological polar surface area (TPSA) is 71.4 Å². The van der Waals surface area contributed by atoms with Gasteiger partial charge in [-0.05, 0) is 63.0 Å². The maximum Gasteiger partial charge on any atom is 0.306 e. The molecule has 1 N–H and O–H groups in total. The Kier molecular flexibility index (Phi) is 12.4. The molecule has 2 aliphatic carbocycles. The van der Waals surface area contributed by atoms with Gasteiger partial charge in [0.2, 0.25) is 0 Å². The molecule has 2 aromatic carbocycles. The minimum Gasteiger partial charge on any atom is -0.481 e. The summed E-state index contributed by atoms with van der Waals surface area (Å²) in [6.45, 7) is 5.04. The molecule has 2 saturated carbocycles. The zero-order valence-electron chi connectivity index (χ0n) is 21.7. The van der Waals surface area contributed by atoms with Gasteiger partial charge in [0.15, 0.2) is 11.6 Å². The molecule has 2 aromatic rings. The second kappa shape index (κ2) is 15.3. The Morgan fingerprint density at radius 3 is 1.71 bits per heavy atom. The molecule has 0 radical (unpaired) electrons. The lowest BCUT2D eigenvalue weighted by atomic mass is 9.81. The van der Waals surface area contributed by atoms with Gasteiger partial charge in [-0.25, -0.2) is 0 Å². The molecule has 1 atom stereocenters. The Morgan fingerprint density at radius 2 is 1.23 bits per heavy atom. The number of hydrogen-bond acceptors (Lipinski definition) is 3. The van der Waals surface area contributed by atoms with Crippen molar-refractivity contribution >= 4 is 17.5 Å². The quantitative estimate of drug-likeness (QED) is 0.441. The van der Waals surface area contributed by atoms with Gasteiger partial charge >= 0.3 is 5.97 Å². The largest absolute Gasteiger partial charge is 0.481 e. The highest BCUT2D eigenvalue weighted by molar-refractivity contribution is 5.94. The Balaban J connectivity index is 0.000000193. The van der Waals surface area contributed by atoms with E-state index in [-0.39, 0.29) is 17.5 Å². The van der Waals surface area contributed by atoms with Gasteiger partial charge in [-0.15, -0.1) is 0 Å². The number of carboxylic acids is 1. The van der Waals surface area contributed by atoms with Gasteiger partial charge in [0, 0.05) is 11.1 Å². The first-order valence-corrected chi connectivity index (χ1v) is 13.2. The molecule has 0 aromatic heterocycles. The molecule has 4 rings (SSSR count). The van der Waals surface area contributed by atoms with Crippen LogP contribution in [0.5, 0.6) is 0 Å². The number of benzene rings is 2. The molecule has 190 valence electrons. The lowest BCUT2D eigenvalue weighted by Gasteiger charge is -2.24. The summed E-state index contributed by atoms with van der Waals surface area (Å²) in [5.74, 6) is 0.676. The minimum atomic E-state index is -0.628. The van der Waals surface area contributed by atoms with Crippen molar-refractivity contribution in [3.05, 3.63) is 71.3 Å². The van der Waals surface area contributed by atoms with Gasteiger partial charge in [-0.1, -0.05) is 94.0 Å². The Bertz CT molecular complexity index is 922. The fourth-order valence-electron chi connectivity index (χ4n) is 4.96. The van der Waals surface area contributed by atoms with Crippen LogP contribution in [0.2, 0.25) is 0 Å². The number of carbonyl (C=O) groups excluding carboxylic acids is 2. The SMILES string of the molecule is CC(=O)c1cccc(C2CCCCC2)c1.CC(=O)c1ccccc1.CC(C(=O)O)C1CCCCC1. The monoisotopic (exact) mass is 478 g/mol. The van der Waals surface area contributed by atoms with E-state index in [1.807, 2.05) is 49.4 Å². The average molecular weight is 479 g/mol. The van der Waals surface area contributed by atoms with E-state index in [1.165, 1.54) is 56.9 Å². The van der Waals surface area contributed by atoms with Gasteiger partial charge in [0.05, 0.1) is 5.92 Å². The molecule has 4 heteroatoms. The Morgan fingerprint density at radius 1 is 0.714 bits per heavy atom. The molecule has 2 aliphatic rings. The first-order chi connectivity index (χ1) is 16.8. The summed E-state index contributed by atoms with van der Waals surface area (Å²) in [6.07, 6.45) is 12.6. The van der Waals surface area contributed by atoms with Crippen LogP contribution in [0.3, 0.4) is 0 Å². The van der Waals surface area contributed by atoms with Crippen molar-refractivity contribution in [2.24, 2.45) is 11.8 Å². The van der Waals surface area contributed by atoms with Crippen molar-refractivity contribution in [1.29, 1.82) is 0 Å². The van der Waals surface area contributed by atoms with Crippen molar-refractivity contribution in [2.75, 3.05) is 0 Å². The molecule has 0 heterocycles. The van der Waals surface area contributed by atoms with E-state index < -0.39 is 5.97 Å². The van der Waals surface area contributed by atoms with Crippen LogP contribution in [-0.4, -0.2) is 22.6 Å². The van der Waals surface area contributed by atoms with Crippen LogP contribution in [-0.2, 0) is 4.79 Å². The van der Waals surface area contributed by atoms with Gasteiger partial charge < -0.3 is 5.11 Å². The maximum absolute atomic E-state index is 11.3. The Hall–Kier alpha value is -2.75. The van der Waals surface area contributed by atoms with Gasteiger partial charge in [0.1, 0.15) is 0 Å². The van der Waals surface area contributed by atoms with Crippen LogP contribution in [0.15, 0.2) is 54.6 Å². The molecule has 0 amide bonds. The fourth-order valence-corrected chi connectivity index (χ4v) is 4.96. The summed E-state index contributed by atoms with van der Waals surface area (Å²) >= 11 is 0. The maximum atomic E-state index is 11.3. The van der Waals surface area contributed by atoms with Gasteiger partial charge in [-0.2, -0.15) is 0 Å². The number of aliphatic carboxylic acids is 1. The van der Waals surface area contributed by atoms with Crippen molar-refractivity contribution in [2.45, 2.75) is 90.9 Å². The predicted molar refractivity (Wildman–Crippen MR) is 142 cm³/mol. The predicted octanol–water partition coefficient (Wildman–Crippen LogP) is 8.11. The van der Waals surface area contributed by atoms with Crippen LogP contribution < -0.4 is 0 Å². The first-order valence-electron chi connectivity index (χ1n) is 13.2. The Labute approximate surface area is 211 Å². The summed E-state index contributed by atoms with van der Waals surface area (Å²) < 4.78 is 0. The van der Waals surface area contributed by atoms with Crippen LogP contribution in [0.25, 0.3) is 0 Å². The van der Waals surface area contributed by atoms with Crippen molar-refractivity contribution in [3.63, 3.8) is 0 Å². The zero-order chi connectivity index (χ0) is 25.6. The van der Waals surface area contributed by atoms with Crippen molar-refractivity contribution in [1.82, 2.24) is 0 Å². The number of hydrogen-bond donors (Lipinski definition) is 1. The van der Waals surface area contributed by atoms with E-state index >= 15 is 0 Å². The molecule has 2 fully saturated rings. The molecule has 35 heavy (non-hydrogen) atoms. The van der Waals surface area contributed by atoms with Crippen LogP contribution in [0, 0.1) is 11.8 Å². The standard InChI is InChI=1S/C14H18O.C9H16O2.C8H8O/c1-11(15)13-8-5-9-14(10-13)12-6-3-2-4-7-12;1-7(9(10)11)8-5-3-2-4-6-8;1-7(9)8-5-3-2-4-6-8/h5,8-10,12H,2-4,6-7H2,1H3;7-8H,2-6H2,1H3,(H,10,11);2-6H,1H3. The second-order valence-corrected chi connectivity index (χ2v) is 9.96. The number of carboxylic acid groups (broad SMARTS) is 1. The number of ketones is 2. The van der Waals surface area contributed by atoms with E-state index in [2.05, 4.69) is 12.1 Å². The third-order valence-corrected chi connectivity index (χ3v) is 7.30. The summed E-state index contributed by atoms with van der Waals surface area (Å²) in [4.78, 5) is 32.5. The van der Waals surface area contributed by atoms with Gasteiger partial charge in [-0.3, -0.25) is 14.4 Å². The van der Waals surface area contributed by atoms with Crippen LogP contribution in [0.1, 0.15) is 117 Å². The average Bonchev–Trinajstić information content (AvgIpc) is 2.90. The lowest BCUT2D eigenvalue weighted by Crippen LogP contribution is -2.22. The number of Topliss-reactive ketones (excluding diaryl/α,β-unsaturated/α-hetero) is 2. The van der Waals surface area contributed by atoms with E-state index in [4.69, 9.17) is 5.11 Å². The molecule has 0 spiro atoms. The number of carbonyl (C=O) groups is 3. The molecule has 0 saturated heterocycles. The number of rotatable bonds is 5. The van der Waals surface area contributed by atoms with E-state index in [0.29, 0.717) is 11.8 Å². The van der Waals surface area contributed by atoms with Crippen molar-refractivity contribution in [3.8, 4) is 0 Å². The highest BCUT2D eigenvalue weighted by atomic mass is 16.4. The molecular formula is C31H42O4. The fraction of sp³-hybridized carbons (Fsp3) is 0.516. The normalized spacial score (nSPS) is 17.1. The summed E-state index contributed by atoms with van der Waals surface area (Å²) in [5.41, 5.74) is 3.00.